The molecule has 2 rings (SSSR count). The first-order valence-electron chi connectivity index (χ1n) is 4.98. The summed E-state index contributed by atoms with van der Waals surface area (Å²) in [4.78, 5) is 14.5. The van der Waals surface area contributed by atoms with E-state index in [0.717, 1.165) is 16.4 Å². The summed E-state index contributed by atoms with van der Waals surface area (Å²) in [6.45, 7) is 1.88. The Hall–Kier alpha value is -1.82. The Morgan fingerprint density at radius 1 is 1.47 bits per heavy atom. The van der Waals surface area contributed by atoms with E-state index in [2.05, 4.69) is 10.1 Å². The molecule has 6 heteroatoms. The van der Waals surface area contributed by atoms with E-state index in [9.17, 15) is 4.79 Å². The minimum absolute atomic E-state index is 0.0240. The molecule has 5 nitrogen and oxygen atoms in total. The molecule has 0 atom stereocenters. The van der Waals surface area contributed by atoms with Gasteiger partial charge >= 0.3 is 5.97 Å². The molecule has 2 heterocycles. The van der Waals surface area contributed by atoms with E-state index in [4.69, 9.17) is 5.11 Å². The molecule has 0 aliphatic carbocycles. The van der Waals surface area contributed by atoms with E-state index in [-0.39, 0.29) is 5.75 Å². The molecule has 0 aliphatic rings. The van der Waals surface area contributed by atoms with Gasteiger partial charge in [-0.15, -0.1) is 0 Å². The van der Waals surface area contributed by atoms with Gasteiger partial charge in [0, 0.05) is 12.4 Å². The molecule has 0 spiro atoms. The summed E-state index contributed by atoms with van der Waals surface area (Å²) in [5, 5.41) is 13.8. The quantitative estimate of drug-likeness (QED) is 0.836. The van der Waals surface area contributed by atoms with Gasteiger partial charge < -0.3 is 5.11 Å². The fourth-order valence-electron chi connectivity index (χ4n) is 1.38. The Morgan fingerprint density at radius 3 is 2.82 bits per heavy atom. The zero-order chi connectivity index (χ0) is 12.3. The summed E-state index contributed by atoms with van der Waals surface area (Å²) in [6.07, 6.45) is 3.36. The molecule has 0 aromatic carbocycles. The summed E-state index contributed by atoms with van der Waals surface area (Å²) in [6, 6.07) is 5.53. The van der Waals surface area contributed by atoms with Gasteiger partial charge in [-0.1, -0.05) is 11.8 Å². The first kappa shape index (κ1) is 11.7. The molecular weight excluding hydrogens is 238 g/mol. The number of thioether (sulfide) groups is 1. The molecule has 0 radical (unpaired) electrons. The minimum Gasteiger partial charge on any atom is -0.481 e. The van der Waals surface area contributed by atoms with Crippen molar-refractivity contribution >= 4 is 17.7 Å². The first-order valence-corrected chi connectivity index (χ1v) is 5.97. The highest BCUT2D eigenvalue weighted by Crippen LogP contribution is 2.22. The molecule has 88 valence electrons. The number of aromatic nitrogens is 3. The summed E-state index contributed by atoms with van der Waals surface area (Å²) in [7, 11) is 0. The lowest BCUT2D eigenvalue weighted by molar-refractivity contribution is -0.133. The predicted molar refractivity (Wildman–Crippen MR) is 64.5 cm³/mol. The van der Waals surface area contributed by atoms with Crippen LogP contribution in [0.2, 0.25) is 0 Å². The Balaban J connectivity index is 2.31. The molecule has 0 saturated heterocycles. The van der Waals surface area contributed by atoms with Crippen molar-refractivity contribution in [1.82, 2.24) is 14.8 Å². The Labute approximate surface area is 102 Å². The average Bonchev–Trinajstić information content (AvgIpc) is 2.69. The second-order valence-corrected chi connectivity index (χ2v) is 4.42. The third-order valence-corrected chi connectivity index (χ3v) is 3.03. The maximum absolute atomic E-state index is 10.6. The third-order valence-electron chi connectivity index (χ3n) is 2.05. The summed E-state index contributed by atoms with van der Waals surface area (Å²) >= 11 is 1.25. The lowest BCUT2D eigenvalue weighted by atomic mass is 10.4. The van der Waals surface area contributed by atoms with Crippen molar-refractivity contribution in [2.24, 2.45) is 0 Å². The number of carboxylic acid groups (broad SMARTS) is 1. The predicted octanol–water partition coefficient (Wildman–Crippen LogP) is 1.75. The Bertz CT molecular complexity index is 525. The number of aliphatic carboxylic acids is 1. The zero-order valence-electron chi connectivity index (χ0n) is 9.20. The highest BCUT2D eigenvalue weighted by molar-refractivity contribution is 7.99. The van der Waals surface area contributed by atoms with Crippen LogP contribution in [0.15, 0.2) is 35.6 Å². The van der Waals surface area contributed by atoms with E-state index in [1.165, 1.54) is 11.8 Å². The standard InChI is InChI=1S/C11H11N3O2S/c1-8-6-10(17-7-11(15)16)14(13-8)9-2-4-12-5-3-9/h2-6H,7H2,1H3,(H,15,16). The molecule has 1 N–H and O–H groups in total. The van der Waals surface area contributed by atoms with Crippen LogP contribution in [-0.4, -0.2) is 31.6 Å². The molecule has 0 saturated carbocycles. The summed E-state index contributed by atoms with van der Waals surface area (Å²) in [5.41, 5.74) is 1.73. The molecule has 0 aliphatic heterocycles. The van der Waals surface area contributed by atoms with Crippen molar-refractivity contribution in [1.29, 1.82) is 0 Å². The molecule has 0 bridgehead atoms. The SMILES string of the molecule is Cc1cc(SCC(=O)O)n(-c2ccncc2)n1. The van der Waals surface area contributed by atoms with Crippen molar-refractivity contribution in [2.45, 2.75) is 11.9 Å². The number of carboxylic acids is 1. The fourth-order valence-corrected chi connectivity index (χ4v) is 2.18. The van der Waals surface area contributed by atoms with Crippen LogP contribution in [0.1, 0.15) is 5.69 Å². The van der Waals surface area contributed by atoms with Crippen LogP contribution >= 0.6 is 11.8 Å². The Morgan fingerprint density at radius 2 is 2.18 bits per heavy atom. The fraction of sp³-hybridized carbons (Fsp3) is 0.182. The van der Waals surface area contributed by atoms with Gasteiger partial charge in [0.25, 0.3) is 0 Å². The molecule has 0 unspecified atom stereocenters. The van der Waals surface area contributed by atoms with Gasteiger partial charge in [0.1, 0.15) is 5.03 Å². The van der Waals surface area contributed by atoms with Gasteiger partial charge in [-0.25, -0.2) is 4.68 Å². The van der Waals surface area contributed by atoms with Gasteiger partial charge in [-0.05, 0) is 25.1 Å². The van der Waals surface area contributed by atoms with Crippen molar-refractivity contribution < 1.29 is 9.90 Å². The number of hydrogen-bond acceptors (Lipinski definition) is 4. The van der Waals surface area contributed by atoms with Crippen molar-refractivity contribution in [2.75, 3.05) is 5.75 Å². The molecular formula is C11H11N3O2S. The number of rotatable bonds is 4. The van der Waals surface area contributed by atoms with Crippen molar-refractivity contribution in [3.8, 4) is 5.69 Å². The second kappa shape index (κ2) is 5.01. The normalized spacial score (nSPS) is 10.4. The number of pyridine rings is 1. The van der Waals surface area contributed by atoms with Crippen molar-refractivity contribution in [3.05, 3.63) is 36.3 Å². The topological polar surface area (TPSA) is 68.0 Å². The van der Waals surface area contributed by atoms with Crippen LogP contribution in [0.3, 0.4) is 0 Å². The second-order valence-electron chi connectivity index (χ2n) is 3.42. The number of aryl methyl sites for hydroxylation is 1. The van der Waals surface area contributed by atoms with Gasteiger partial charge in [0.15, 0.2) is 0 Å². The van der Waals surface area contributed by atoms with Crippen molar-refractivity contribution in [3.63, 3.8) is 0 Å². The van der Waals surface area contributed by atoms with E-state index in [1.54, 1.807) is 17.1 Å². The van der Waals surface area contributed by atoms with Crippen LogP contribution in [0.25, 0.3) is 5.69 Å². The smallest absolute Gasteiger partial charge is 0.313 e. The number of hydrogen-bond donors (Lipinski definition) is 1. The lowest BCUT2D eigenvalue weighted by Crippen LogP contribution is -2.02. The minimum atomic E-state index is -0.838. The third kappa shape index (κ3) is 2.85. The molecule has 0 amide bonds. The van der Waals surface area contributed by atoms with E-state index in [0.29, 0.717) is 0 Å². The Kier molecular flexibility index (Phi) is 3.43. The van der Waals surface area contributed by atoms with E-state index >= 15 is 0 Å². The first-order chi connectivity index (χ1) is 8.16. The van der Waals surface area contributed by atoms with Gasteiger partial charge in [-0.3, -0.25) is 9.78 Å². The largest absolute Gasteiger partial charge is 0.481 e. The van der Waals surface area contributed by atoms with E-state index < -0.39 is 5.97 Å². The van der Waals surface area contributed by atoms with Crippen LogP contribution < -0.4 is 0 Å². The molecule has 0 fully saturated rings. The lowest BCUT2D eigenvalue weighted by Gasteiger charge is -2.05. The number of nitrogens with zero attached hydrogens (tertiary/aromatic N) is 3. The summed E-state index contributed by atoms with van der Waals surface area (Å²) in [5.74, 6) is -0.814. The van der Waals surface area contributed by atoms with Crippen LogP contribution in [0.5, 0.6) is 0 Å². The molecule has 17 heavy (non-hydrogen) atoms. The summed E-state index contributed by atoms with van der Waals surface area (Å²) < 4.78 is 1.73. The molecule has 2 aromatic heterocycles. The zero-order valence-corrected chi connectivity index (χ0v) is 10.0. The monoisotopic (exact) mass is 249 g/mol. The maximum atomic E-state index is 10.6. The van der Waals surface area contributed by atoms with Crippen LogP contribution in [0, 0.1) is 6.92 Å². The van der Waals surface area contributed by atoms with Gasteiger partial charge in [0.05, 0.1) is 17.1 Å². The maximum Gasteiger partial charge on any atom is 0.313 e. The average molecular weight is 249 g/mol. The van der Waals surface area contributed by atoms with Gasteiger partial charge in [0.2, 0.25) is 0 Å². The molecule has 2 aromatic rings. The van der Waals surface area contributed by atoms with Gasteiger partial charge in [-0.2, -0.15) is 5.10 Å². The van der Waals surface area contributed by atoms with Crippen LogP contribution in [-0.2, 0) is 4.79 Å². The van der Waals surface area contributed by atoms with Crippen LogP contribution in [0.4, 0.5) is 0 Å². The number of carbonyl (C=O) groups is 1. The highest BCUT2D eigenvalue weighted by atomic mass is 32.2. The highest BCUT2D eigenvalue weighted by Gasteiger charge is 2.09. The van der Waals surface area contributed by atoms with E-state index in [1.807, 2.05) is 25.1 Å².